The SMILES string of the molecule is CC1=C(C)c2cc(Nc3nn(C4COCC[C@@H]4C#N)cc3C(N)=O)ccc2OB1O.CC1=CB(O)Oc2ccc(Nc3nn(C4COCC[C@@H]4C#N)cc3C(N)=O)cc21.N#C[C@H]1CCOCC1n1cc(C(N)=O)c(Nc2cc(Cl)c3c(c2)COB3O)n1.N#C[C@H]1CCOCC1n1cc(C(N)=O)c(Nc2ccc3c(c2)OB(O)C=C3)n1. The summed E-state index contributed by atoms with van der Waals surface area (Å²) in [5.74, 6) is 2.39. The van der Waals surface area contributed by atoms with Crippen LogP contribution in [0.25, 0.3) is 17.2 Å². The normalized spacial score (nSPS) is 21.0. The summed E-state index contributed by atoms with van der Waals surface area (Å²) in [4.78, 5) is 47.8. The smallest absolute Gasteiger partial charge is 0.532 e. The predicted molar refractivity (Wildman–Crippen MR) is 420 cm³/mol. The van der Waals surface area contributed by atoms with Gasteiger partial charge in [-0.15, -0.1) is 0 Å². The number of amides is 4. The van der Waals surface area contributed by atoms with E-state index < -0.39 is 52.1 Å². The molecule has 4 fully saturated rings. The van der Waals surface area contributed by atoms with Crippen molar-refractivity contribution < 1.29 is 76.8 Å². The standard InChI is InChI=1S/C20H22BN5O4.C19H20BN5O4.C18H18BN5O4.C17H17BClN5O4/c1-11-12(2)21(28)30-18-4-3-14(7-15(11)18)24-20-16(19(23)27)9-26(25-20)17-10-29-6-5-13(17)8-22;1-11-7-20(27)29-17-3-2-13(6-14(11)17)23-19-15(18(22)26)9-25(24-19)16-10-28-5-4-12(16)8-21;20-8-12-4-6-27-10-15(12)24-9-14(17(21)25)18(23-24)22-13-2-1-11-3-5-19(26)28-16(11)7-13;19-13-4-11(3-10-7-28-18(26)15(10)13)22-17-12(16(21)25)6-24(23-17)14-8-27-2-1-9(14)5-20/h3-4,7,9,13,17,28H,5-6,10H2,1-2H3,(H2,23,27)(H,24,25);2-3,6-7,9,12,16,27H,4-5,10H2,1H3,(H2,22,26)(H,23,24);1-3,5,7,9,12,15,26H,4,6,10H2,(H2,21,25)(H,22,23);3-4,6,9,14,26H,1-2,7-8H2,(H2,21,25)(H,22,23)/t13-,17?;12-,16?;12-,15?;9-,14?/m1111/s1. The van der Waals surface area contributed by atoms with E-state index in [0.29, 0.717) is 141 Å². The highest BCUT2D eigenvalue weighted by Crippen LogP contribution is 2.40. The maximum Gasteiger partial charge on any atom is 0.555 e. The molecule has 588 valence electrons. The van der Waals surface area contributed by atoms with Gasteiger partial charge in [-0.3, -0.25) is 37.9 Å². The quantitative estimate of drug-likeness (QED) is 0.0522. The summed E-state index contributed by atoms with van der Waals surface area (Å²) in [6.07, 6.45) is 10.4. The van der Waals surface area contributed by atoms with Crippen LogP contribution in [0.2, 0.25) is 5.02 Å². The molecular weight excluding hydrogens is 1500 g/mol. The molecule has 4 unspecified atom stereocenters. The van der Waals surface area contributed by atoms with E-state index >= 15 is 0 Å². The highest BCUT2D eigenvalue weighted by atomic mass is 35.5. The number of allylic oxidation sites excluding steroid dienone is 3. The number of nitrogens with two attached hydrogens (primary N) is 4. The van der Waals surface area contributed by atoms with E-state index in [9.17, 15) is 60.3 Å². The van der Waals surface area contributed by atoms with Gasteiger partial charge >= 0.3 is 28.5 Å². The third-order valence-corrected chi connectivity index (χ3v) is 20.9. The molecule has 16 rings (SSSR count). The Kier molecular flexibility index (Phi) is 24.8. The maximum atomic E-state index is 12.0. The Hall–Kier alpha value is -12.4. The number of benzene rings is 4. The van der Waals surface area contributed by atoms with E-state index in [4.69, 9.17) is 72.1 Å². The van der Waals surface area contributed by atoms with Crippen molar-refractivity contribution in [1.29, 1.82) is 21.0 Å². The molecule has 8 aromatic rings. The number of hydrogen-bond donors (Lipinski definition) is 12. The second-order valence-electron chi connectivity index (χ2n) is 28.0. The Morgan fingerprint density at radius 3 is 1.31 bits per heavy atom. The van der Waals surface area contributed by atoms with E-state index in [0.717, 1.165) is 38.9 Å². The highest BCUT2D eigenvalue weighted by Gasteiger charge is 2.37. The number of anilines is 8. The van der Waals surface area contributed by atoms with Gasteiger partial charge in [0.2, 0.25) is 0 Å². The number of rotatable bonds is 16. The number of carbonyl (C=O) groups excluding carboxylic acids is 4. The third-order valence-electron chi connectivity index (χ3n) is 20.6. The fourth-order valence-corrected chi connectivity index (χ4v) is 14.5. The van der Waals surface area contributed by atoms with Crippen molar-refractivity contribution in [1.82, 2.24) is 39.1 Å². The first-order chi connectivity index (χ1) is 55.4. The van der Waals surface area contributed by atoms with Crippen LogP contribution in [0.1, 0.15) is 134 Å². The average Bonchev–Trinajstić information content (AvgIpc) is 1.70. The molecule has 4 aromatic carbocycles. The fourth-order valence-electron chi connectivity index (χ4n) is 14.1. The molecule has 8 aliphatic rings. The van der Waals surface area contributed by atoms with Gasteiger partial charge in [0.05, 0.1) is 105 Å². The lowest BCUT2D eigenvalue weighted by atomic mass is 9.73. The molecule has 115 heavy (non-hydrogen) atoms. The number of aromatic nitrogens is 8. The fraction of sp³-hybridized carbons (Fsp3) is 0.324. The van der Waals surface area contributed by atoms with Crippen molar-refractivity contribution in [2.75, 3.05) is 74.1 Å². The van der Waals surface area contributed by atoms with Crippen molar-refractivity contribution in [3.63, 3.8) is 0 Å². The van der Waals surface area contributed by atoms with E-state index in [1.165, 1.54) is 12.4 Å². The van der Waals surface area contributed by atoms with E-state index in [1.54, 1.807) is 97.7 Å². The van der Waals surface area contributed by atoms with Gasteiger partial charge in [0.1, 0.15) is 39.5 Å². The third kappa shape index (κ3) is 18.0. The Morgan fingerprint density at radius 1 is 0.496 bits per heavy atom. The molecule has 8 aliphatic heterocycles. The van der Waals surface area contributed by atoms with Crippen LogP contribution in [0.4, 0.5) is 46.0 Å². The van der Waals surface area contributed by atoms with Crippen LogP contribution in [0.3, 0.4) is 0 Å². The number of nitrogens with zero attached hydrogens (tertiary/aromatic N) is 12. The van der Waals surface area contributed by atoms with Crippen molar-refractivity contribution in [2.24, 2.45) is 46.6 Å². The summed E-state index contributed by atoms with van der Waals surface area (Å²) >= 11 is 6.25. The topological polar surface area (TPSA) is 542 Å². The Bertz CT molecular complexity index is 5360. The van der Waals surface area contributed by atoms with Gasteiger partial charge in [-0.05, 0) is 141 Å². The molecule has 41 heteroatoms. The predicted octanol–water partition coefficient (Wildman–Crippen LogP) is 5.62. The number of nitriles is 4. The molecule has 4 amide bonds. The van der Waals surface area contributed by atoms with Crippen LogP contribution < -0.4 is 63.6 Å². The van der Waals surface area contributed by atoms with Gasteiger partial charge in [0, 0.05) is 107 Å². The minimum Gasteiger partial charge on any atom is -0.532 e. The Labute approximate surface area is 664 Å². The number of halogens is 1. The molecule has 12 heterocycles. The van der Waals surface area contributed by atoms with Crippen molar-refractivity contribution in [3.05, 3.63) is 158 Å². The van der Waals surface area contributed by atoms with Crippen LogP contribution in [-0.2, 0) is 30.2 Å². The molecule has 16 N–H and O–H groups in total. The van der Waals surface area contributed by atoms with Gasteiger partial charge in [0.25, 0.3) is 23.6 Å². The number of fused-ring (bicyclic) bond motifs is 4. The van der Waals surface area contributed by atoms with Gasteiger partial charge in [-0.1, -0.05) is 17.7 Å². The number of carbonyl (C=O) groups is 4. The van der Waals surface area contributed by atoms with Crippen LogP contribution in [0.5, 0.6) is 17.2 Å². The molecule has 4 aromatic heterocycles. The van der Waals surface area contributed by atoms with E-state index in [1.807, 2.05) is 39.0 Å². The van der Waals surface area contributed by atoms with Crippen LogP contribution in [-0.4, -0.2) is 164 Å². The molecule has 0 radical (unpaired) electrons. The van der Waals surface area contributed by atoms with Crippen molar-refractivity contribution >= 4 is 132 Å². The van der Waals surface area contributed by atoms with Crippen LogP contribution in [0.15, 0.2) is 109 Å². The highest BCUT2D eigenvalue weighted by molar-refractivity contribution is 6.65. The zero-order valence-corrected chi connectivity index (χ0v) is 63.0. The average molecular weight is 1580 g/mol. The van der Waals surface area contributed by atoms with Crippen molar-refractivity contribution in [2.45, 2.75) is 77.2 Å². The number of nitrogens with one attached hydrogen (secondary N) is 4. The van der Waals surface area contributed by atoms with E-state index in [2.05, 4.69) is 65.9 Å². The summed E-state index contributed by atoms with van der Waals surface area (Å²) in [6, 6.07) is 27.4. The molecule has 4 saturated heterocycles. The van der Waals surface area contributed by atoms with Crippen molar-refractivity contribution in [3.8, 4) is 41.5 Å². The first kappa shape index (κ1) is 80.6. The summed E-state index contributed by atoms with van der Waals surface area (Å²) in [7, 11) is -3.98. The molecule has 0 bridgehead atoms. The number of hydrogen-bond acceptors (Lipinski definition) is 28. The molecular formula is C74H77B4ClN20O16. The number of ether oxygens (including phenoxy) is 4. The Balaban J connectivity index is 0.000000134. The zero-order valence-electron chi connectivity index (χ0n) is 62.3. The number of primary amides is 4. The van der Waals surface area contributed by atoms with Gasteiger partial charge in [-0.25, -0.2) is 0 Å². The molecule has 0 saturated carbocycles. The maximum absolute atomic E-state index is 12.0. The molecule has 36 nitrogen and oxygen atoms in total. The Morgan fingerprint density at radius 2 is 0.887 bits per heavy atom. The first-order valence-corrected chi connectivity index (χ1v) is 36.9. The second-order valence-corrected chi connectivity index (χ2v) is 28.4. The summed E-state index contributed by atoms with van der Waals surface area (Å²) in [5.41, 5.74) is 31.8. The second kappa shape index (κ2) is 35.3. The summed E-state index contributed by atoms with van der Waals surface area (Å²) in [5, 5.41) is 107. The van der Waals surface area contributed by atoms with E-state index in [-0.39, 0.29) is 88.3 Å². The van der Waals surface area contributed by atoms with Gasteiger partial charge in [-0.2, -0.15) is 41.4 Å². The largest absolute Gasteiger partial charge is 0.555 e. The summed E-state index contributed by atoms with van der Waals surface area (Å²) < 4.78 is 49.7. The molecule has 0 aliphatic carbocycles. The molecule has 0 spiro atoms. The lowest BCUT2D eigenvalue weighted by molar-refractivity contribution is 0.0341. The minimum absolute atomic E-state index is 0.190. The lowest BCUT2D eigenvalue weighted by Crippen LogP contribution is -2.29. The zero-order chi connectivity index (χ0) is 81.5. The first-order valence-electron chi connectivity index (χ1n) is 36.5. The van der Waals surface area contributed by atoms with Gasteiger partial charge in [0.15, 0.2) is 23.3 Å². The molecule has 8 atom stereocenters. The summed E-state index contributed by atoms with van der Waals surface area (Å²) in [6.45, 7) is 9.31. The van der Waals surface area contributed by atoms with Crippen LogP contribution >= 0.6 is 11.6 Å². The van der Waals surface area contributed by atoms with Gasteiger partial charge < -0.3 is 102 Å². The lowest BCUT2D eigenvalue weighted by Gasteiger charge is -2.27. The monoisotopic (exact) mass is 1580 g/mol. The van der Waals surface area contributed by atoms with Crippen LogP contribution in [0, 0.1) is 69.0 Å². The minimum atomic E-state index is -1.05.